The predicted octanol–water partition coefficient (Wildman–Crippen LogP) is 3.04. The molecule has 0 saturated carbocycles. The molecule has 6 heteroatoms. The van der Waals surface area contributed by atoms with Crippen LogP contribution in [0.3, 0.4) is 0 Å². The highest BCUT2D eigenvalue weighted by atomic mass is 16.5. The van der Waals surface area contributed by atoms with Gasteiger partial charge in [0, 0.05) is 0 Å². The van der Waals surface area contributed by atoms with Gasteiger partial charge in [0.2, 0.25) is 0 Å². The summed E-state index contributed by atoms with van der Waals surface area (Å²) >= 11 is 0. The number of carboxylic acids is 1. The largest absolute Gasteiger partial charge is 0.481 e. The summed E-state index contributed by atoms with van der Waals surface area (Å²) in [5, 5.41) is 9.36. The van der Waals surface area contributed by atoms with Gasteiger partial charge in [0.25, 0.3) is 0 Å². The van der Waals surface area contributed by atoms with Crippen LogP contribution in [-0.4, -0.2) is 36.7 Å². The summed E-state index contributed by atoms with van der Waals surface area (Å²) in [5.41, 5.74) is -3.10. The molecule has 0 radical (unpaired) electrons. The van der Waals surface area contributed by atoms with Crippen molar-refractivity contribution in [3.8, 4) is 0 Å². The molecule has 6 nitrogen and oxygen atoms in total. The van der Waals surface area contributed by atoms with Crippen molar-refractivity contribution >= 4 is 17.9 Å². The van der Waals surface area contributed by atoms with Crippen LogP contribution in [0, 0.1) is 16.2 Å². The van der Waals surface area contributed by atoms with Crippen LogP contribution in [0.4, 0.5) is 0 Å². The summed E-state index contributed by atoms with van der Waals surface area (Å²) in [7, 11) is 1.27. The number of hydrogen-bond donors (Lipinski definition) is 1. The first-order chi connectivity index (χ1) is 10.4. The van der Waals surface area contributed by atoms with E-state index in [1.54, 1.807) is 34.6 Å². The number of rotatable bonds is 9. The minimum absolute atomic E-state index is 0.0665. The highest BCUT2D eigenvalue weighted by Gasteiger charge is 2.49. The van der Waals surface area contributed by atoms with E-state index in [4.69, 9.17) is 9.47 Å². The minimum Gasteiger partial charge on any atom is -0.481 e. The highest BCUT2D eigenvalue weighted by molar-refractivity contribution is 5.82. The Hall–Kier alpha value is -1.59. The number of aliphatic carboxylic acids is 1. The average Bonchev–Trinajstić information content (AvgIpc) is 2.45. The maximum absolute atomic E-state index is 12.3. The molecule has 0 aliphatic rings. The first-order valence-corrected chi connectivity index (χ1v) is 7.87. The van der Waals surface area contributed by atoms with Gasteiger partial charge in [-0.1, -0.05) is 6.92 Å². The second-order valence-electron chi connectivity index (χ2n) is 7.23. The lowest BCUT2D eigenvalue weighted by atomic mass is 9.65. The maximum atomic E-state index is 12.3. The number of hydrogen-bond acceptors (Lipinski definition) is 5. The lowest BCUT2D eigenvalue weighted by Crippen LogP contribution is -2.43. The fraction of sp³-hybridized carbons (Fsp3) is 0.824. The third-order valence-electron chi connectivity index (χ3n) is 4.42. The van der Waals surface area contributed by atoms with E-state index in [9.17, 15) is 19.5 Å². The lowest BCUT2D eigenvalue weighted by molar-refractivity contribution is -0.165. The van der Waals surface area contributed by atoms with E-state index in [-0.39, 0.29) is 25.4 Å². The van der Waals surface area contributed by atoms with Gasteiger partial charge in [0.15, 0.2) is 0 Å². The average molecular weight is 330 g/mol. The standard InChI is InChI=1S/C17H30O6/c1-8-16(5,14(21)23-9-2)11-17(6,13(20)22-7)10-15(3,4)12(18)19/h8-11H2,1-7H3,(H,18,19). The first kappa shape index (κ1) is 21.4. The van der Waals surface area contributed by atoms with Crippen molar-refractivity contribution < 1.29 is 29.0 Å². The summed E-state index contributed by atoms with van der Waals surface area (Å²) < 4.78 is 10.0. The molecule has 0 amide bonds. The van der Waals surface area contributed by atoms with Crippen molar-refractivity contribution in [2.24, 2.45) is 16.2 Å². The molecule has 0 aliphatic heterocycles. The van der Waals surface area contributed by atoms with E-state index in [1.807, 2.05) is 6.92 Å². The van der Waals surface area contributed by atoms with E-state index in [2.05, 4.69) is 0 Å². The van der Waals surface area contributed by atoms with Gasteiger partial charge < -0.3 is 14.6 Å². The molecule has 0 fully saturated rings. The molecule has 0 aliphatic carbocycles. The molecule has 0 spiro atoms. The zero-order valence-electron chi connectivity index (χ0n) is 15.3. The number of esters is 2. The summed E-state index contributed by atoms with van der Waals surface area (Å²) in [5.74, 6) is -1.90. The van der Waals surface area contributed by atoms with E-state index in [0.29, 0.717) is 6.42 Å². The van der Waals surface area contributed by atoms with E-state index in [0.717, 1.165) is 0 Å². The Morgan fingerprint density at radius 1 is 0.913 bits per heavy atom. The van der Waals surface area contributed by atoms with E-state index in [1.165, 1.54) is 7.11 Å². The molecule has 1 N–H and O–H groups in total. The highest BCUT2D eigenvalue weighted by Crippen LogP contribution is 2.45. The number of carbonyl (C=O) groups excluding carboxylic acids is 2. The van der Waals surface area contributed by atoms with Gasteiger partial charge in [-0.05, 0) is 53.9 Å². The van der Waals surface area contributed by atoms with Crippen LogP contribution < -0.4 is 0 Å². The Morgan fingerprint density at radius 3 is 1.78 bits per heavy atom. The molecule has 2 unspecified atom stereocenters. The second kappa shape index (κ2) is 7.79. The van der Waals surface area contributed by atoms with Crippen molar-refractivity contribution in [1.82, 2.24) is 0 Å². The molecule has 0 bridgehead atoms. The Balaban J connectivity index is 5.68. The molecular formula is C17H30O6. The van der Waals surface area contributed by atoms with Gasteiger partial charge in [0.1, 0.15) is 0 Å². The molecule has 0 aromatic rings. The summed E-state index contributed by atoms with van der Waals surface area (Å²) in [6, 6.07) is 0. The summed E-state index contributed by atoms with van der Waals surface area (Å²) in [6.07, 6.45) is 0.710. The van der Waals surface area contributed by atoms with Gasteiger partial charge in [0.05, 0.1) is 30.0 Å². The number of carboxylic acid groups (broad SMARTS) is 1. The molecule has 0 aromatic carbocycles. The smallest absolute Gasteiger partial charge is 0.311 e. The van der Waals surface area contributed by atoms with Crippen LogP contribution in [0.5, 0.6) is 0 Å². The molecule has 23 heavy (non-hydrogen) atoms. The van der Waals surface area contributed by atoms with Crippen molar-refractivity contribution in [2.45, 2.75) is 60.8 Å². The molecule has 0 heterocycles. The van der Waals surface area contributed by atoms with Crippen LogP contribution >= 0.6 is 0 Å². The Labute approximate surface area is 138 Å². The van der Waals surface area contributed by atoms with Crippen molar-refractivity contribution in [1.29, 1.82) is 0 Å². The quantitative estimate of drug-likeness (QED) is 0.654. The number of methoxy groups -OCH3 is 1. The molecule has 134 valence electrons. The van der Waals surface area contributed by atoms with Gasteiger partial charge in [-0.2, -0.15) is 0 Å². The van der Waals surface area contributed by atoms with Crippen LogP contribution in [0.2, 0.25) is 0 Å². The van der Waals surface area contributed by atoms with Crippen LogP contribution in [0.15, 0.2) is 0 Å². The Kier molecular flexibility index (Phi) is 7.26. The van der Waals surface area contributed by atoms with E-state index >= 15 is 0 Å². The van der Waals surface area contributed by atoms with Crippen LogP contribution in [0.1, 0.15) is 60.8 Å². The van der Waals surface area contributed by atoms with Crippen molar-refractivity contribution in [3.63, 3.8) is 0 Å². The predicted molar refractivity (Wildman–Crippen MR) is 85.8 cm³/mol. The maximum Gasteiger partial charge on any atom is 0.311 e. The van der Waals surface area contributed by atoms with Gasteiger partial charge >= 0.3 is 17.9 Å². The molecular weight excluding hydrogens is 300 g/mol. The van der Waals surface area contributed by atoms with E-state index < -0.39 is 28.2 Å². The zero-order chi connectivity index (χ0) is 18.5. The SMILES string of the molecule is CCOC(=O)C(C)(CC)CC(C)(CC(C)(C)C(=O)O)C(=O)OC. The van der Waals surface area contributed by atoms with Gasteiger partial charge in [-0.25, -0.2) is 0 Å². The fourth-order valence-corrected chi connectivity index (χ4v) is 3.01. The molecule has 2 atom stereocenters. The van der Waals surface area contributed by atoms with Gasteiger partial charge in [-0.15, -0.1) is 0 Å². The molecule has 0 rings (SSSR count). The molecule has 0 aromatic heterocycles. The zero-order valence-corrected chi connectivity index (χ0v) is 15.3. The van der Waals surface area contributed by atoms with Crippen molar-refractivity contribution in [3.05, 3.63) is 0 Å². The molecule has 0 saturated heterocycles. The van der Waals surface area contributed by atoms with Gasteiger partial charge in [-0.3, -0.25) is 14.4 Å². The van der Waals surface area contributed by atoms with Crippen molar-refractivity contribution in [2.75, 3.05) is 13.7 Å². The number of carbonyl (C=O) groups is 3. The number of ether oxygens (including phenoxy) is 2. The topological polar surface area (TPSA) is 89.9 Å². The lowest BCUT2D eigenvalue weighted by Gasteiger charge is -2.38. The Bertz CT molecular complexity index is 456. The first-order valence-electron chi connectivity index (χ1n) is 7.87. The minimum atomic E-state index is -1.12. The second-order valence-corrected chi connectivity index (χ2v) is 7.23. The summed E-state index contributed by atoms with van der Waals surface area (Å²) in [4.78, 5) is 36.1. The third-order valence-corrected chi connectivity index (χ3v) is 4.42. The fourth-order valence-electron chi connectivity index (χ4n) is 3.01. The Morgan fingerprint density at radius 2 is 1.43 bits per heavy atom. The van der Waals surface area contributed by atoms with Crippen LogP contribution in [0.25, 0.3) is 0 Å². The van der Waals surface area contributed by atoms with Crippen LogP contribution in [-0.2, 0) is 23.9 Å². The monoisotopic (exact) mass is 330 g/mol. The normalized spacial score (nSPS) is 16.8. The third kappa shape index (κ3) is 5.22. The summed E-state index contributed by atoms with van der Waals surface area (Å²) in [6.45, 7) is 10.3.